The molecular weight excluding hydrogens is 332 g/mol. The summed E-state index contributed by atoms with van der Waals surface area (Å²) in [7, 11) is 1.54. The van der Waals surface area contributed by atoms with E-state index < -0.39 is 11.2 Å². The van der Waals surface area contributed by atoms with Crippen LogP contribution in [0.3, 0.4) is 0 Å². The maximum absolute atomic E-state index is 12.3. The second-order valence-corrected chi connectivity index (χ2v) is 5.51. The summed E-state index contributed by atoms with van der Waals surface area (Å²) in [4.78, 5) is 30.7. The third-order valence-corrected chi connectivity index (χ3v) is 3.96. The maximum atomic E-state index is 12.3. The molecule has 1 aromatic carbocycles. The monoisotopic (exact) mass is 346 g/mol. The van der Waals surface area contributed by atoms with E-state index in [1.54, 1.807) is 30.8 Å². The van der Waals surface area contributed by atoms with Gasteiger partial charge >= 0.3 is 5.69 Å². The van der Waals surface area contributed by atoms with Crippen LogP contribution in [-0.2, 0) is 13.6 Å². The Bertz CT molecular complexity index is 1050. The second kappa shape index (κ2) is 6.32. The van der Waals surface area contributed by atoms with Crippen LogP contribution in [0.25, 0.3) is 11.2 Å². The van der Waals surface area contributed by atoms with Gasteiger partial charge < -0.3 is 0 Å². The number of fused-ring (bicyclic) bond motifs is 1. The van der Waals surface area contributed by atoms with E-state index in [0.717, 1.165) is 5.56 Å². The normalized spacial score (nSPS) is 11.5. The van der Waals surface area contributed by atoms with Gasteiger partial charge in [0, 0.05) is 18.3 Å². The fourth-order valence-electron chi connectivity index (χ4n) is 2.39. The average Bonchev–Trinajstić information content (AvgIpc) is 2.92. The fraction of sp³-hybridized carbons (Fsp3) is 0.200. The first-order valence-electron chi connectivity index (χ1n) is 7.19. The Morgan fingerprint density at radius 2 is 2.12 bits per heavy atom. The number of hydrogen-bond donors (Lipinski definition) is 2. The molecule has 124 valence electrons. The Morgan fingerprint density at radius 3 is 2.83 bits per heavy atom. The summed E-state index contributed by atoms with van der Waals surface area (Å²) >= 11 is 6.22. The highest BCUT2D eigenvalue weighted by molar-refractivity contribution is 6.31. The molecule has 2 heterocycles. The second-order valence-electron chi connectivity index (χ2n) is 5.10. The van der Waals surface area contributed by atoms with Crippen LogP contribution >= 0.6 is 11.6 Å². The number of benzene rings is 1. The Kier molecular flexibility index (Phi) is 4.22. The van der Waals surface area contributed by atoms with Crippen LogP contribution < -0.4 is 16.7 Å². The quantitative estimate of drug-likeness (QED) is 0.553. The van der Waals surface area contributed by atoms with Crippen LogP contribution in [-0.4, -0.2) is 25.3 Å². The van der Waals surface area contributed by atoms with Gasteiger partial charge in [-0.1, -0.05) is 29.8 Å². The first-order chi connectivity index (χ1) is 11.5. The zero-order valence-corrected chi connectivity index (χ0v) is 13.8. The predicted molar refractivity (Wildman–Crippen MR) is 93.9 cm³/mol. The Labute approximate surface area is 141 Å². The number of aryl methyl sites for hydroxylation is 1. The van der Waals surface area contributed by atoms with E-state index in [1.807, 2.05) is 18.2 Å². The lowest BCUT2D eigenvalue weighted by atomic mass is 10.2. The first kappa shape index (κ1) is 16.0. The molecule has 0 radical (unpaired) electrons. The molecule has 0 aliphatic carbocycles. The number of hydrogen-bond acceptors (Lipinski definition) is 5. The number of aromatic amines is 1. The number of H-pyrrole nitrogens is 1. The molecule has 2 aromatic heterocycles. The summed E-state index contributed by atoms with van der Waals surface area (Å²) in [6.45, 7) is 2.05. The molecule has 0 atom stereocenters. The van der Waals surface area contributed by atoms with Gasteiger partial charge in [-0.3, -0.25) is 18.9 Å². The van der Waals surface area contributed by atoms with Crippen LogP contribution in [0.15, 0.2) is 39.0 Å². The summed E-state index contributed by atoms with van der Waals surface area (Å²) in [5.41, 5.74) is 3.09. The van der Waals surface area contributed by atoms with Crippen molar-refractivity contribution in [3.05, 3.63) is 55.7 Å². The van der Waals surface area contributed by atoms with E-state index in [4.69, 9.17) is 11.6 Å². The minimum Gasteiger partial charge on any atom is -0.298 e. The minimum absolute atomic E-state index is 0.268. The minimum atomic E-state index is -0.527. The zero-order valence-electron chi connectivity index (χ0n) is 13.1. The summed E-state index contributed by atoms with van der Waals surface area (Å²) in [5, 5.41) is 4.53. The Morgan fingerprint density at radius 1 is 1.38 bits per heavy atom. The third kappa shape index (κ3) is 2.71. The van der Waals surface area contributed by atoms with Gasteiger partial charge in [-0.05, 0) is 18.6 Å². The molecule has 0 spiro atoms. The molecule has 0 saturated carbocycles. The molecule has 0 amide bonds. The van der Waals surface area contributed by atoms with E-state index in [-0.39, 0.29) is 11.2 Å². The topological polar surface area (TPSA) is 97.1 Å². The number of rotatable bonds is 4. The molecule has 0 saturated heterocycles. The third-order valence-electron chi connectivity index (χ3n) is 3.59. The van der Waals surface area contributed by atoms with E-state index in [2.05, 4.69) is 20.5 Å². The Balaban J connectivity index is 2.27. The molecule has 24 heavy (non-hydrogen) atoms. The number of hydrazone groups is 1. The van der Waals surface area contributed by atoms with Crippen molar-refractivity contribution in [3.63, 3.8) is 0 Å². The van der Waals surface area contributed by atoms with E-state index in [0.29, 0.717) is 17.5 Å². The molecule has 2 N–H and O–H groups in total. The molecule has 3 rings (SSSR count). The van der Waals surface area contributed by atoms with Gasteiger partial charge in [-0.25, -0.2) is 10.2 Å². The molecule has 0 bridgehead atoms. The van der Waals surface area contributed by atoms with Crippen LogP contribution in [0, 0.1) is 0 Å². The lowest BCUT2D eigenvalue weighted by Gasteiger charge is -2.09. The zero-order chi connectivity index (χ0) is 17.3. The lowest BCUT2D eigenvalue weighted by molar-refractivity contribution is 0.808. The van der Waals surface area contributed by atoms with Gasteiger partial charge in [0.1, 0.15) is 0 Å². The highest BCUT2D eigenvalue weighted by Gasteiger charge is 2.18. The first-order valence-corrected chi connectivity index (χ1v) is 7.57. The molecular formula is C15H15ClN6O2. The van der Waals surface area contributed by atoms with Crippen molar-refractivity contribution in [1.29, 1.82) is 0 Å². The fourth-order valence-corrected chi connectivity index (χ4v) is 2.59. The predicted octanol–water partition coefficient (Wildman–Crippen LogP) is 1.54. The number of halogens is 1. The molecule has 8 nitrogen and oxygen atoms in total. The SMILES string of the molecule is C/C=N/Nc1nc2c(c(=O)[nH]c(=O)n2C)n1Cc1ccccc1Cl. The van der Waals surface area contributed by atoms with Crippen molar-refractivity contribution in [2.75, 3.05) is 5.43 Å². The smallest absolute Gasteiger partial charge is 0.298 e. The van der Waals surface area contributed by atoms with Gasteiger partial charge in [-0.15, -0.1) is 0 Å². The van der Waals surface area contributed by atoms with Crippen LogP contribution in [0.2, 0.25) is 5.02 Å². The van der Waals surface area contributed by atoms with Crippen molar-refractivity contribution in [2.24, 2.45) is 12.1 Å². The number of nitrogens with zero attached hydrogens (tertiary/aromatic N) is 4. The molecule has 0 unspecified atom stereocenters. The Hall–Kier alpha value is -2.87. The van der Waals surface area contributed by atoms with Crippen molar-refractivity contribution in [3.8, 4) is 0 Å². The van der Waals surface area contributed by atoms with Crippen LogP contribution in [0.1, 0.15) is 12.5 Å². The van der Waals surface area contributed by atoms with E-state index in [9.17, 15) is 9.59 Å². The van der Waals surface area contributed by atoms with Crippen molar-refractivity contribution in [2.45, 2.75) is 13.5 Å². The highest BCUT2D eigenvalue weighted by Crippen LogP contribution is 2.21. The number of aromatic nitrogens is 4. The number of nitrogens with one attached hydrogen (secondary N) is 2. The standard InChI is InChI=1S/C15H15ClN6O2/c1-3-17-20-14-18-12-11(13(23)19-15(24)21(12)2)22(14)8-9-6-4-5-7-10(9)16/h3-7H,8H2,1-2H3,(H,18,20)(H,19,23,24)/b17-3+. The van der Waals surface area contributed by atoms with Gasteiger partial charge in [-0.2, -0.15) is 10.1 Å². The van der Waals surface area contributed by atoms with E-state index in [1.165, 1.54) is 4.57 Å². The van der Waals surface area contributed by atoms with Crippen molar-refractivity contribution < 1.29 is 0 Å². The summed E-state index contributed by atoms with van der Waals surface area (Å²) in [5.74, 6) is 0.342. The summed E-state index contributed by atoms with van der Waals surface area (Å²) < 4.78 is 2.92. The highest BCUT2D eigenvalue weighted by atomic mass is 35.5. The van der Waals surface area contributed by atoms with Gasteiger partial charge in [0.05, 0.1) is 6.54 Å². The number of anilines is 1. The van der Waals surface area contributed by atoms with Crippen LogP contribution in [0.4, 0.5) is 5.95 Å². The number of imidazole rings is 1. The molecule has 0 fully saturated rings. The molecule has 0 aliphatic heterocycles. The molecule has 9 heteroatoms. The molecule has 0 aliphatic rings. The summed E-state index contributed by atoms with van der Waals surface area (Å²) in [6, 6.07) is 7.32. The average molecular weight is 347 g/mol. The van der Waals surface area contributed by atoms with Gasteiger partial charge in [0.15, 0.2) is 11.2 Å². The van der Waals surface area contributed by atoms with E-state index >= 15 is 0 Å². The van der Waals surface area contributed by atoms with Gasteiger partial charge in [0.2, 0.25) is 5.95 Å². The van der Waals surface area contributed by atoms with Crippen LogP contribution in [0.5, 0.6) is 0 Å². The van der Waals surface area contributed by atoms with Crippen molar-refractivity contribution >= 4 is 34.9 Å². The van der Waals surface area contributed by atoms with Gasteiger partial charge in [0.25, 0.3) is 5.56 Å². The maximum Gasteiger partial charge on any atom is 0.329 e. The lowest BCUT2D eigenvalue weighted by Crippen LogP contribution is -2.29. The largest absolute Gasteiger partial charge is 0.329 e. The molecule has 3 aromatic rings. The van der Waals surface area contributed by atoms with Crippen molar-refractivity contribution in [1.82, 2.24) is 19.1 Å². The summed E-state index contributed by atoms with van der Waals surface area (Å²) in [6.07, 6.45) is 1.56.